The molecule has 0 saturated carbocycles. The highest BCUT2D eigenvalue weighted by Crippen LogP contribution is 2.40. The summed E-state index contributed by atoms with van der Waals surface area (Å²) in [6.07, 6.45) is -0.772. The van der Waals surface area contributed by atoms with Crippen molar-refractivity contribution in [1.82, 2.24) is 5.32 Å². The molecule has 1 aromatic carbocycles. The van der Waals surface area contributed by atoms with Gasteiger partial charge in [0.25, 0.3) is 0 Å². The molecule has 1 aromatic rings. The van der Waals surface area contributed by atoms with Gasteiger partial charge >= 0.3 is 11.9 Å². The highest BCUT2D eigenvalue weighted by atomic mass is 16.7. The van der Waals surface area contributed by atoms with E-state index < -0.39 is 24.1 Å². The quantitative estimate of drug-likeness (QED) is 0.316. The van der Waals surface area contributed by atoms with Crippen LogP contribution in [0.4, 0.5) is 0 Å². The fourth-order valence-corrected chi connectivity index (χ4v) is 3.51. The van der Waals surface area contributed by atoms with Gasteiger partial charge in [0.15, 0.2) is 6.29 Å². The third-order valence-electron chi connectivity index (χ3n) is 4.76. The number of ether oxygens (including phenoxy) is 4. The number of hydrogen-bond acceptors (Lipinski definition) is 8. The predicted octanol–water partition coefficient (Wildman–Crippen LogP) is 3.32. The van der Waals surface area contributed by atoms with Gasteiger partial charge in [-0.2, -0.15) is 5.26 Å². The average Bonchev–Trinajstić information content (AvgIpc) is 2.79. The lowest BCUT2D eigenvalue weighted by atomic mass is 9.80. The maximum Gasteiger partial charge on any atom is 0.336 e. The summed E-state index contributed by atoms with van der Waals surface area (Å²) in [7, 11) is 0. The Morgan fingerprint density at radius 2 is 1.62 bits per heavy atom. The molecule has 0 saturated heterocycles. The number of nitrogens with one attached hydrogen (secondary N) is 1. The van der Waals surface area contributed by atoms with Crippen LogP contribution >= 0.6 is 0 Å². The molecule has 0 aromatic heterocycles. The van der Waals surface area contributed by atoms with Crippen molar-refractivity contribution in [2.75, 3.05) is 26.4 Å². The van der Waals surface area contributed by atoms with Crippen molar-refractivity contribution in [3.05, 3.63) is 58.4 Å². The van der Waals surface area contributed by atoms with Gasteiger partial charge in [-0.3, -0.25) is 0 Å². The number of rotatable bonds is 11. The average molecular weight is 443 g/mol. The fourth-order valence-electron chi connectivity index (χ4n) is 3.51. The molecule has 172 valence electrons. The Labute approximate surface area is 188 Å². The van der Waals surface area contributed by atoms with Gasteiger partial charge in [0.2, 0.25) is 0 Å². The molecule has 8 heteroatoms. The number of carbonyl (C=O) groups is 2. The molecule has 1 aliphatic rings. The molecule has 1 unspecified atom stereocenters. The lowest BCUT2D eigenvalue weighted by Crippen LogP contribution is -2.39. The summed E-state index contributed by atoms with van der Waals surface area (Å²) in [5.74, 6) is -1.95. The molecule has 0 amide bonds. The number of nitrogens with zero attached hydrogens (tertiary/aromatic N) is 1. The first-order valence-corrected chi connectivity index (χ1v) is 10.7. The maximum atomic E-state index is 13.2. The van der Waals surface area contributed by atoms with Crippen LogP contribution in [0.5, 0.6) is 0 Å². The van der Waals surface area contributed by atoms with Crippen molar-refractivity contribution in [2.24, 2.45) is 0 Å². The van der Waals surface area contributed by atoms with Crippen molar-refractivity contribution in [2.45, 2.75) is 46.3 Å². The number of esters is 2. The van der Waals surface area contributed by atoms with Gasteiger partial charge in [0.1, 0.15) is 6.61 Å². The molecular weight excluding hydrogens is 412 g/mol. The molecule has 0 radical (unpaired) electrons. The highest BCUT2D eigenvalue weighted by molar-refractivity contribution is 6.00. The van der Waals surface area contributed by atoms with Gasteiger partial charge in [-0.05, 0) is 33.3 Å². The minimum Gasteiger partial charge on any atom is -0.463 e. The number of allylic oxidation sites excluding steroid dienone is 1. The smallest absolute Gasteiger partial charge is 0.336 e. The minimum absolute atomic E-state index is 0.0422. The number of hydrogen-bond donors (Lipinski definition) is 1. The second kappa shape index (κ2) is 12.6. The van der Waals surface area contributed by atoms with Gasteiger partial charge < -0.3 is 24.3 Å². The molecule has 0 bridgehead atoms. The van der Waals surface area contributed by atoms with Crippen molar-refractivity contribution < 1.29 is 28.5 Å². The Bertz CT molecular complexity index is 895. The highest BCUT2D eigenvalue weighted by Gasteiger charge is 2.41. The second-order valence-corrected chi connectivity index (χ2v) is 6.84. The van der Waals surface area contributed by atoms with Crippen LogP contribution in [0.2, 0.25) is 0 Å². The molecule has 0 spiro atoms. The van der Waals surface area contributed by atoms with Gasteiger partial charge in [-0.15, -0.1) is 0 Å². The summed E-state index contributed by atoms with van der Waals surface area (Å²) >= 11 is 0. The van der Waals surface area contributed by atoms with Gasteiger partial charge in [0, 0.05) is 18.9 Å². The first-order chi connectivity index (χ1) is 15.5. The Balaban J connectivity index is 2.69. The van der Waals surface area contributed by atoms with E-state index in [-0.39, 0.29) is 30.8 Å². The molecule has 1 heterocycles. The van der Waals surface area contributed by atoms with Crippen LogP contribution in [-0.4, -0.2) is 44.7 Å². The molecule has 8 nitrogen and oxygen atoms in total. The Kier molecular flexibility index (Phi) is 9.92. The van der Waals surface area contributed by atoms with Crippen LogP contribution in [0.3, 0.4) is 0 Å². The van der Waals surface area contributed by atoms with Gasteiger partial charge in [-0.1, -0.05) is 30.3 Å². The van der Waals surface area contributed by atoms with E-state index in [0.717, 1.165) is 0 Å². The van der Waals surface area contributed by atoms with Crippen LogP contribution in [0, 0.1) is 11.3 Å². The van der Waals surface area contributed by atoms with Crippen molar-refractivity contribution in [1.29, 1.82) is 5.26 Å². The monoisotopic (exact) mass is 442 g/mol. The van der Waals surface area contributed by atoms with E-state index in [0.29, 0.717) is 30.2 Å². The molecule has 1 atom stereocenters. The topological polar surface area (TPSA) is 107 Å². The largest absolute Gasteiger partial charge is 0.463 e. The van der Waals surface area contributed by atoms with Gasteiger partial charge in [0.05, 0.1) is 41.9 Å². The van der Waals surface area contributed by atoms with E-state index >= 15 is 0 Å². The zero-order valence-electron chi connectivity index (χ0n) is 19.0. The van der Waals surface area contributed by atoms with Crippen molar-refractivity contribution >= 4 is 11.9 Å². The van der Waals surface area contributed by atoms with Crippen molar-refractivity contribution in [3.63, 3.8) is 0 Å². The number of carbonyl (C=O) groups excluding carboxylic acids is 2. The summed E-state index contributed by atoms with van der Waals surface area (Å²) in [5.41, 5.74) is 2.11. The SMILES string of the molecule is CCOC(=O)C1=C(C(OCC)OCC)NC(C)=C(C(=O)OCCC#N)C1c1ccccc1. The molecule has 1 aliphatic heterocycles. The Morgan fingerprint density at radius 3 is 2.19 bits per heavy atom. The van der Waals surface area contributed by atoms with Crippen LogP contribution in [0.25, 0.3) is 0 Å². The van der Waals surface area contributed by atoms with E-state index in [1.54, 1.807) is 13.8 Å². The first-order valence-electron chi connectivity index (χ1n) is 10.7. The lowest BCUT2D eigenvalue weighted by Gasteiger charge is -2.34. The van der Waals surface area contributed by atoms with E-state index in [1.807, 2.05) is 50.2 Å². The standard InChI is InChI=1S/C24H30N2O6/c1-5-29-23(28)20-19(17-12-9-8-10-13-17)18(22(27)32-15-11-14-25)16(4)26-21(20)24(30-6-2)31-7-3/h8-10,12-13,19,24,26H,5-7,11,15H2,1-4H3. The van der Waals surface area contributed by atoms with E-state index in [2.05, 4.69) is 5.32 Å². The minimum atomic E-state index is -0.846. The maximum absolute atomic E-state index is 13.2. The Morgan fingerprint density at radius 1 is 1.00 bits per heavy atom. The molecule has 0 aliphatic carbocycles. The van der Waals surface area contributed by atoms with E-state index in [1.165, 1.54) is 0 Å². The Hall–Kier alpha value is -3.15. The summed E-state index contributed by atoms with van der Waals surface area (Å²) in [6, 6.07) is 11.1. The molecule has 0 fully saturated rings. The van der Waals surface area contributed by atoms with Gasteiger partial charge in [-0.25, -0.2) is 9.59 Å². The zero-order chi connectivity index (χ0) is 23.5. The summed E-state index contributed by atoms with van der Waals surface area (Å²) in [4.78, 5) is 26.2. The van der Waals surface area contributed by atoms with E-state index in [4.69, 9.17) is 24.2 Å². The number of benzene rings is 1. The van der Waals surface area contributed by atoms with Crippen LogP contribution in [-0.2, 0) is 28.5 Å². The zero-order valence-corrected chi connectivity index (χ0v) is 19.0. The third-order valence-corrected chi connectivity index (χ3v) is 4.76. The normalized spacial score (nSPS) is 15.9. The summed E-state index contributed by atoms with van der Waals surface area (Å²) < 4.78 is 22.2. The molecule has 1 N–H and O–H groups in total. The van der Waals surface area contributed by atoms with E-state index in [9.17, 15) is 9.59 Å². The molecular formula is C24H30N2O6. The summed E-state index contributed by atoms with van der Waals surface area (Å²) in [5, 5.41) is 11.9. The number of nitriles is 1. The van der Waals surface area contributed by atoms with Crippen LogP contribution in [0.1, 0.15) is 45.6 Å². The summed E-state index contributed by atoms with van der Waals surface area (Å²) in [6.45, 7) is 7.93. The van der Waals surface area contributed by atoms with Crippen molar-refractivity contribution in [3.8, 4) is 6.07 Å². The van der Waals surface area contributed by atoms with Crippen LogP contribution < -0.4 is 5.32 Å². The molecule has 2 rings (SSSR count). The van der Waals surface area contributed by atoms with Crippen LogP contribution in [0.15, 0.2) is 52.9 Å². The number of dihydropyridines is 1. The first kappa shape index (κ1) is 25.1. The fraction of sp³-hybridized carbons (Fsp3) is 0.458. The second-order valence-electron chi connectivity index (χ2n) is 6.84. The predicted molar refractivity (Wildman–Crippen MR) is 117 cm³/mol. The lowest BCUT2D eigenvalue weighted by molar-refractivity contribution is -0.141. The molecule has 32 heavy (non-hydrogen) atoms. The third kappa shape index (κ3) is 5.96.